The quantitative estimate of drug-likeness (QED) is 0.561. The number of amides is 1. The van der Waals surface area contributed by atoms with E-state index in [-0.39, 0.29) is 22.1 Å². The highest BCUT2D eigenvalue weighted by atomic mass is 79.9. The van der Waals surface area contributed by atoms with E-state index in [4.69, 9.17) is 0 Å². The van der Waals surface area contributed by atoms with Gasteiger partial charge in [-0.2, -0.15) is 5.10 Å². The van der Waals surface area contributed by atoms with Crippen molar-refractivity contribution in [1.29, 1.82) is 0 Å². The van der Waals surface area contributed by atoms with E-state index in [2.05, 4.69) is 26.3 Å². The molecule has 1 amide bonds. The van der Waals surface area contributed by atoms with Crippen LogP contribution in [0.3, 0.4) is 0 Å². The van der Waals surface area contributed by atoms with Crippen molar-refractivity contribution >= 4 is 37.4 Å². The smallest absolute Gasteiger partial charge is 0.259 e. The largest absolute Gasteiger partial charge is 0.506 e. The first-order valence-electron chi connectivity index (χ1n) is 8.40. The number of carbonyl (C=O) groups excluding carboxylic acids is 1. The fraction of sp³-hybridized carbons (Fsp3) is 0.158. The van der Waals surface area contributed by atoms with Gasteiger partial charge in [-0.15, -0.1) is 0 Å². The second kappa shape index (κ2) is 7.76. The van der Waals surface area contributed by atoms with Crippen molar-refractivity contribution in [1.82, 2.24) is 9.78 Å². The fourth-order valence-electron chi connectivity index (χ4n) is 2.64. The van der Waals surface area contributed by atoms with E-state index in [0.717, 1.165) is 10.2 Å². The summed E-state index contributed by atoms with van der Waals surface area (Å²) in [6.45, 7) is 3.28. The van der Waals surface area contributed by atoms with Crippen LogP contribution in [-0.2, 0) is 9.84 Å². The molecule has 2 N–H and O–H groups in total. The zero-order valence-corrected chi connectivity index (χ0v) is 17.6. The normalized spacial score (nSPS) is 11.4. The van der Waals surface area contributed by atoms with Gasteiger partial charge < -0.3 is 10.4 Å². The number of hydrogen-bond acceptors (Lipinski definition) is 5. The summed E-state index contributed by atoms with van der Waals surface area (Å²) in [4.78, 5) is 12.7. The van der Waals surface area contributed by atoms with Crippen molar-refractivity contribution in [2.24, 2.45) is 0 Å². The zero-order valence-electron chi connectivity index (χ0n) is 15.2. The summed E-state index contributed by atoms with van der Waals surface area (Å²) in [6.07, 6.45) is 1.43. The van der Waals surface area contributed by atoms with Crippen LogP contribution in [-0.4, -0.2) is 35.0 Å². The topological polar surface area (TPSA) is 101 Å². The number of aromatic nitrogens is 2. The van der Waals surface area contributed by atoms with Gasteiger partial charge in [-0.25, -0.2) is 13.1 Å². The van der Waals surface area contributed by atoms with Crippen LogP contribution in [0.5, 0.6) is 5.75 Å². The standard InChI is InChI=1S/C19H18BrN3O4S/c1-3-28(26,27)15-8-9-18(24)17(10-15)22-19(25)16-11-21-23(12(16)2)14-6-4-13(20)5-7-14/h4-11,24H,3H2,1-2H3,(H,22,25). The Hall–Kier alpha value is -2.65. The molecule has 0 unspecified atom stereocenters. The van der Waals surface area contributed by atoms with Gasteiger partial charge in [0, 0.05) is 4.47 Å². The van der Waals surface area contributed by atoms with E-state index in [0.29, 0.717) is 11.3 Å². The minimum Gasteiger partial charge on any atom is -0.506 e. The third-order valence-corrected chi connectivity index (χ3v) is 6.54. The summed E-state index contributed by atoms with van der Waals surface area (Å²) in [5.41, 5.74) is 1.73. The number of phenols is 1. The maximum absolute atomic E-state index is 12.7. The lowest BCUT2D eigenvalue weighted by molar-refractivity contribution is 0.102. The van der Waals surface area contributed by atoms with E-state index < -0.39 is 15.7 Å². The molecule has 0 spiro atoms. The van der Waals surface area contributed by atoms with Crippen LogP contribution in [0.25, 0.3) is 5.69 Å². The van der Waals surface area contributed by atoms with Gasteiger partial charge in [0.2, 0.25) is 0 Å². The maximum Gasteiger partial charge on any atom is 0.259 e. The monoisotopic (exact) mass is 463 g/mol. The number of benzene rings is 2. The second-order valence-electron chi connectivity index (χ2n) is 6.07. The van der Waals surface area contributed by atoms with Crippen molar-refractivity contribution in [3.63, 3.8) is 0 Å². The predicted octanol–water partition coefficient (Wildman–Crippen LogP) is 3.69. The van der Waals surface area contributed by atoms with E-state index in [1.165, 1.54) is 31.3 Å². The zero-order chi connectivity index (χ0) is 20.5. The summed E-state index contributed by atoms with van der Waals surface area (Å²) in [5.74, 6) is -0.798. The number of hydrogen-bond donors (Lipinski definition) is 2. The summed E-state index contributed by atoms with van der Waals surface area (Å²) in [7, 11) is -3.46. The van der Waals surface area contributed by atoms with Crippen molar-refractivity contribution < 1.29 is 18.3 Å². The van der Waals surface area contributed by atoms with Crippen molar-refractivity contribution in [3.05, 3.63) is 64.4 Å². The molecule has 0 aliphatic carbocycles. The minimum atomic E-state index is -3.46. The highest BCUT2D eigenvalue weighted by Crippen LogP contribution is 2.28. The second-order valence-corrected chi connectivity index (χ2v) is 9.26. The third-order valence-electron chi connectivity index (χ3n) is 4.28. The molecule has 0 saturated heterocycles. The molecular weight excluding hydrogens is 446 g/mol. The molecule has 2 aromatic carbocycles. The molecule has 0 atom stereocenters. The predicted molar refractivity (Wildman–Crippen MR) is 110 cm³/mol. The number of rotatable bonds is 5. The van der Waals surface area contributed by atoms with Gasteiger partial charge in [-0.3, -0.25) is 4.79 Å². The van der Waals surface area contributed by atoms with Crippen molar-refractivity contribution in [2.75, 3.05) is 11.1 Å². The molecule has 0 radical (unpaired) electrons. The third kappa shape index (κ3) is 3.95. The molecule has 0 bridgehead atoms. The van der Waals surface area contributed by atoms with Gasteiger partial charge in [0.05, 0.1) is 39.5 Å². The van der Waals surface area contributed by atoms with Crippen LogP contribution < -0.4 is 5.32 Å². The summed E-state index contributed by atoms with van der Waals surface area (Å²) < 4.78 is 26.6. The number of anilines is 1. The van der Waals surface area contributed by atoms with Crippen molar-refractivity contribution in [3.8, 4) is 11.4 Å². The molecule has 28 heavy (non-hydrogen) atoms. The number of nitrogens with zero attached hydrogens (tertiary/aromatic N) is 2. The molecule has 3 aromatic rings. The fourth-order valence-corrected chi connectivity index (χ4v) is 3.81. The number of phenolic OH excluding ortho intramolecular Hbond substituents is 1. The molecule has 1 heterocycles. The molecule has 3 rings (SSSR count). The molecule has 0 fully saturated rings. The van der Waals surface area contributed by atoms with Gasteiger partial charge in [-0.05, 0) is 49.4 Å². The molecular formula is C19H18BrN3O4S. The Balaban J connectivity index is 1.90. The first-order valence-corrected chi connectivity index (χ1v) is 10.8. The van der Waals surface area contributed by atoms with E-state index in [1.807, 2.05) is 24.3 Å². The van der Waals surface area contributed by atoms with E-state index >= 15 is 0 Å². The van der Waals surface area contributed by atoms with Gasteiger partial charge >= 0.3 is 0 Å². The van der Waals surface area contributed by atoms with E-state index in [9.17, 15) is 18.3 Å². The Kier molecular flexibility index (Phi) is 5.57. The maximum atomic E-state index is 12.7. The van der Waals surface area contributed by atoms with Crippen LogP contribution in [0.4, 0.5) is 5.69 Å². The van der Waals surface area contributed by atoms with Gasteiger partial charge in [0.25, 0.3) is 5.91 Å². The summed E-state index contributed by atoms with van der Waals surface area (Å²) in [5, 5.41) is 16.8. The average Bonchev–Trinajstić information content (AvgIpc) is 3.05. The lowest BCUT2D eigenvalue weighted by atomic mass is 10.2. The molecule has 0 saturated carbocycles. The van der Waals surface area contributed by atoms with Crippen LogP contribution >= 0.6 is 15.9 Å². The Morgan fingerprint density at radius 1 is 1.21 bits per heavy atom. The van der Waals surface area contributed by atoms with Gasteiger partial charge in [0.1, 0.15) is 5.75 Å². The molecule has 146 valence electrons. The Bertz CT molecular complexity index is 1140. The number of halogens is 1. The average molecular weight is 464 g/mol. The summed E-state index contributed by atoms with van der Waals surface area (Å²) >= 11 is 3.37. The summed E-state index contributed by atoms with van der Waals surface area (Å²) in [6, 6.07) is 11.3. The van der Waals surface area contributed by atoms with E-state index in [1.54, 1.807) is 11.6 Å². The minimum absolute atomic E-state index is 0.0234. The van der Waals surface area contributed by atoms with Gasteiger partial charge in [-0.1, -0.05) is 22.9 Å². The van der Waals surface area contributed by atoms with Gasteiger partial charge in [0.15, 0.2) is 9.84 Å². The van der Waals surface area contributed by atoms with Crippen LogP contribution in [0, 0.1) is 6.92 Å². The SMILES string of the molecule is CCS(=O)(=O)c1ccc(O)c(NC(=O)c2cnn(-c3ccc(Br)cc3)c2C)c1. The number of sulfone groups is 1. The Morgan fingerprint density at radius 2 is 1.89 bits per heavy atom. The molecule has 0 aliphatic rings. The molecule has 9 heteroatoms. The van der Waals surface area contributed by atoms with Crippen LogP contribution in [0.2, 0.25) is 0 Å². The number of nitrogens with one attached hydrogen (secondary N) is 1. The molecule has 1 aromatic heterocycles. The van der Waals surface area contributed by atoms with Crippen LogP contribution in [0.15, 0.2) is 58.0 Å². The molecule has 0 aliphatic heterocycles. The number of carbonyl (C=O) groups is 1. The lowest BCUT2D eigenvalue weighted by Gasteiger charge is -2.10. The van der Waals surface area contributed by atoms with Crippen LogP contribution in [0.1, 0.15) is 23.0 Å². The lowest BCUT2D eigenvalue weighted by Crippen LogP contribution is -2.14. The first-order chi connectivity index (χ1) is 13.2. The Morgan fingerprint density at radius 3 is 2.54 bits per heavy atom. The molecule has 7 nitrogen and oxygen atoms in total. The number of aromatic hydroxyl groups is 1. The Labute approximate surface area is 171 Å². The highest BCUT2D eigenvalue weighted by Gasteiger charge is 2.19. The first kappa shape index (κ1) is 20.1. The highest BCUT2D eigenvalue weighted by molar-refractivity contribution is 9.10. The van der Waals surface area contributed by atoms with Crippen molar-refractivity contribution in [2.45, 2.75) is 18.7 Å².